The molecule has 0 spiro atoms. The second-order valence-electron chi connectivity index (χ2n) is 2.70. The summed E-state index contributed by atoms with van der Waals surface area (Å²) in [4.78, 5) is 12.2. The molecule has 1 radical (unpaired) electrons. The molecule has 0 aromatic heterocycles. The van der Waals surface area contributed by atoms with Gasteiger partial charge < -0.3 is 4.74 Å². The molecule has 3 nitrogen and oxygen atoms in total. The molecular formula is C8H14NO2. The van der Waals surface area contributed by atoms with Crippen molar-refractivity contribution in [3.63, 3.8) is 0 Å². The first kappa shape index (κ1) is 8.68. The first-order chi connectivity index (χ1) is 5.43. The summed E-state index contributed by atoms with van der Waals surface area (Å²) in [6.45, 7) is 4.71. The molecule has 1 heterocycles. The maximum Gasteiger partial charge on any atom is 0.198 e. The van der Waals surface area contributed by atoms with Gasteiger partial charge in [0.2, 0.25) is 0 Å². The fourth-order valence-electron chi connectivity index (χ4n) is 1.20. The molecule has 0 unspecified atom stereocenters. The summed E-state index contributed by atoms with van der Waals surface area (Å²) in [6.07, 6.45) is 3.40. The summed E-state index contributed by atoms with van der Waals surface area (Å²) in [5.41, 5.74) is 0. The van der Waals surface area contributed by atoms with E-state index >= 15 is 0 Å². The van der Waals surface area contributed by atoms with Crippen LogP contribution in [0.4, 0.5) is 0 Å². The Morgan fingerprint density at radius 3 is 2.73 bits per heavy atom. The number of hydrogen-bond acceptors (Lipinski definition) is 3. The number of hydrogen-bond donors (Lipinski definition) is 0. The maximum absolute atomic E-state index is 9.88. The lowest BCUT2D eigenvalue weighted by Gasteiger charge is -2.25. The Labute approximate surface area is 67.3 Å². The lowest BCUT2D eigenvalue weighted by molar-refractivity contribution is 0.0376. The molecule has 0 bridgehead atoms. The molecule has 0 N–H and O–H groups in total. The standard InChI is InChI=1S/C8H14NO2/c10-6-2-1-3-9-4-7-11-8-5-9/h1-5,7-8H2. The van der Waals surface area contributed by atoms with Crippen LogP contribution in [0.2, 0.25) is 0 Å². The summed E-state index contributed by atoms with van der Waals surface area (Å²) < 4.78 is 5.19. The van der Waals surface area contributed by atoms with Gasteiger partial charge in [0.25, 0.3) is 0 Å². The van der Waals surface area contributed by atoms with Crippen molar-refractivity contribution in [3.8, 4) is 0 Å². The van der Waals surface area contributed by atoms with Gasteiger partial charge in [0, 0.05) is 19.5 Å². The minimum Gasteiger partial charge on any atom is -0.379 e. The highest BCUT2D eigenvalue weighted by Crippen LogP contribution is 1.98. The third kappa shape index (κ3) is 3.49. The quantitative estimate of drug-likeness (QED) is 0.545. The molecule has 11 heavy (non-hydrogen) atoms. The zero-order chi connectivity index (χ0) is 7.94. The molecular weight excluding hydrogens is 142 g/mol. The zero-order valence-corrected chi connectivity index (χ0v) is 6.71. The van der Waals surface area contributed by atoms with Crippen LogP contribution in [0.3, 0.4) is 0 Å². The van der Waals surface area contributed by atoms with Gasteiger partial charge in [-0.15, -0.1) is 0 Å². The van der Waals surface area contributed by atoms with Crippen molar-refractivity contribution >= 4 is 6.29 Å². The summed E-state index contributed by atoms with van der Waals surface area (Å²) in [5, 5.41) is 0. The first-order valence-corrected chi connectivity index (χ1v) is 4.08. The first-order valence-electron chi connectivity index (χ1n) is 4.08. The molecule has 0 aliphatic carbocycles. The Morgan fingerprint density at radius 1 is 1.36 bits per heavy atom. The van der Waals surface area contributed by atoms with Crippen LogP contribution < -0.4 is 0 Å². The fourth-order valence-corrected chi connectivity index (χ4v) is 1.20. The third-order valence-electron chi connectivity index (χ3n) is 1.86. The Balaban J connectivity index is 2.00. The molecule has 0 saturated carbocycles. The lowest BCUT2D eigenvalue weighted by atomic mass is 10.3. The maximum atomic E-state index is 9.88. The predicted octanol–water partition coefficient (Wildman–Crippen LogP) is 0.208. The van der Waals surface area contributed by atoms with Gasteiger partial charge in [-0.2, -0.15) is 0 Å². The SMILES string of the molecule is O=[C]CCCN1CCOCC1. The minimum absolute atomic E-state index is 0.567. The fraction of sp³-hybridized carbons (Fsp3) is 0.875. The molecule has 63 valence electrons. The number of ether oxygens (including phenoxy) is 1. The van der Waals surface area contributed by atoms with E-state index in [0.717, 1.165) is 39.3 Å². The second-order valence-corrected chi connectivity index (χ2v) is 2.70. The normalized spacial score (nSPS) is 20.0. The lowest BCUT2D eigenvalue weighted by Crippen LogP contribution is -2.36. The molecule has 0 aromatic rings. The molecule has 1 aliphatic heterocycles. The van der Waals surface area contributed by atoms with Crippen LogP contribution in [0.15, 0.2) is 0 Å². The van der Waals surface area contributed by atoms with Gasteiger partial charge in [0.15, 0.2) is 6.29 Å². The average molecular weight is 156 g/mol. The molecule has 1 saturated heterocycles. The monoisotopic (exact) mass is 156 g/mol. The number of morpholine rings is 1. The molecule has 1 rings (SSSR count). The predicted molar refractivity (Wildman–Crippen MR) is 42.2 cm³/mol. The minimum atomic E-state index is 0.567. The van der Waals surface area contributed by atoms with Crippen LogP contribution in [0.5, 0.6) is 0 Å². The molecule has 1 fully saturated rings. The Kier molecular flexibility index (Phi) is 4.16. The average Bonchev–Trinajstić information content (AvgIpc) is 2.07. The van der Waals surface area contributed by atoms with Gasteiger partial charge in [-0.3, -0.25) is 9.69 Å². The Hall–Kier alpha value is -0.410. The van der Waals surface area contributed by atoms with Crippen molar-refractivity contribution in [2.75, 3.05) is 32.8 Å². The highest BCUT2D eigenvalue weighted by Gasteiger charge is 2.08. The van der Waals surface area contributed by atoms with Crippen LogP contribution >= 0.6 is 0 Å². The van der Waals surface area contributed by atoms with Crippen LogP contribution in [0.25, 0.3) is 0 Å². The Morgan fingerprint density at radius 2 is 2.09 bits per heavy atom. The van der Waals surface area contributed by atoms with E-state index in [1.54, 1.807) is 0 Å². The second kappa shape index (κ2) is 5.27. The van der Waals surface area contributed by atoms with Gasteiger partial charge >= 0.3 is 0 Å². The van der Waals surface area contributed by atoms with Crippen molar-refractivity contribution < 1.29 is 9.53 Å². The van der Waals surface area contributed by atoms with Crippen LogP contribution in [-0.2, 0) is 9.53 Å². The molecule has 0 amide bonds. The van der Waals surface area contributed by atoms with Crippen molar-refractivity contribution in [2.24, 2.45) is 0 Å². The van der Waals surface area contributed by atoms with E-state index in [0.29, 0.717) is 6.42 Å². The van der Waals surface area contributed by atoms with Crippen LogP contribution in [0.1, 0.15) is 12.8 Å². The van der Waals surface area contributed by atoms with Gasteiger partial charge in [-0.1, -0.05) is 0 Å². The van der Waals surface area contributed by atoms with Crippen molar-refractivity contribution in [3.05, 3.63) is 0 Å². The molecule has 3 heteroatoms. The number of carbonyl (C=O) groups excluding carboxylic acids is 1. The number of unbranched alkanes of at least 4 members (excludes halogenated alkanes) is 1. The van der Waals surface area contributed by atoms with E-state index in [9.17, 15) is 4.79 Å². The van der Waals surface area contributed by atoms with E-state index in [2.05, 4.69) is 4.90 Å². The number of nitrogens with zero attached hydrogens (tertiary/aromatic N) is 1. The van der Waals surface area contributed by atoms with Crippen molar-refractivity contribution in [1.29, 1.82) is 0 Å². The summed E-state index contributed by atoms with van der Waals surface area (Å²) in [7, 11) is 0. The highest BCUT2D eigenvalue weighted by atomic mass is 16.5. The smallest absolute Gasteiger partial charge is 0.198 e. The molecule has 0 atom stereocenters. The van der Waals surface area contributed by atoms with E-state index in [4.69, 9.17) is 4.74 Å². The van der Waals surface area contributed by atoms with E-state index < -0.39 is 0 Å². The summed E-state index contributed by atoms with van der Waals surface area (Å²) in [5.74, 6) is 0. The van der Waals surface area contributed by atoms with Crippen LogP contribution in [-0.4, -0.2) is 44.0 Å². The Bertz CT molecular complexity index is 111. The van der Waals surface area contributed by atoms with E-state index in [-0.39, 0.29) is 0 Å². The highest BCUT2D eigenvalue weighted by molar-refractivity contribution is 5.50. The van der Waals surface area contributed by atoms with Crippen molar-refractivity contribution in [2.45, 2.75) is 12.8 Å². The van der Waals surface area contributed by atoms with Gasteiger partial charge in [-0.05, 0) is 13.0 Å². The summed E-state index contributed by atoms with van der Waals surface area (Å²) >= 11 is 0. The largest absolute Gasteiger partial charge is 0.379 e. The van der Waals surface area contributed by atoms with Crippen molar-refractivity contribution in [1.82, 2.24) is 4.90 Å². The topological polar surface area (TPSA) is 29.5 Å². The zero-order valence-electron chi connectivity index (χ0n) is 6.71. The van der Waals surface area contributed by atoms with Crippen LogP contribution in [0, 0.1) is 0 Å². The molecule has 1 aliphatic rings. The van der Waals surface area contributed by atoms with Gasteiger partial charge in [0.1, 0.15) is 0 Å². The summed E-state index contributed by atoms with van der Waals surface area (Å²) in [6, 6.07) is 0. The number of rotatable bonds is 4. The van der Waals surface area contributed by atoms with Gasteiger partial charge in [0.05, 0.1) is 13.2 Å². The third-order valence-corrected chi connectivity index (χ3v) is 1.86. The van der Waals surface area contributed by atoms with E-state index in [1.807, 2.05) is 6.29 Å². The molecule has 0 aromatic carbocycles. The van der Waals surface area contributed by atoms with E-state index in [1.165, 1.54) is 0 Å². The van der Waals surface area contributed by atoms with Gasteiger partial charge in [-0.25, -0.2) is 0 Å².